The van der Waals surface area contributed by atoms with Crippen molar-refractivity contribution in [2.75, 3.05) is 4.90 Å². The third-order valence-electron chi connectivity index (χ3n) is 5.25. The first-order valence-corrected chi connectivity index (χ1v) is 13.3. The van der Waals surface area contributed by atoms with Crippen LogP contribution in [0.15, 0.2) is 76.0 Å². The van der Waals surface area contributed by atoms with E-state index in [-0.39, 0.29) is 22.0 Å². The summed E-state index contributed by atoms with van der Waals surface area (Å²) in [5, 5.41) is 22.1. The molecule has 3 heterocycles. The van der Waals surface area contributed by atoms with Gasteiger partial charge in [0.05, 0.1) is 5.57 Å². The lowest BCUT2D eigenvalue weighted by atomic mass is 10.00. The highest BCUT2D eigenvalue weighted by Gasteiger charge is 2.48. The number of anilines is 1. The van der Waals surface area contributed by atoms with E-state index in [2.05, 4.69) is 10.2 Å². The number of nitrogens with zero attached hydrogens (tertiary/aromatic N) is 3. The molecule has 0 radical (unpaired) electrons. The van der Waals surface area contributed by atoms with Crippen molar-refractivity contribution < 1.29 is 19.1 Å². The number of aromatic nitrogens is 2. The van der Waals surface area contributed by atoms with Crippen LogP contribution in [0.3, 0.4) is 0 Å². The molecule has 35 heavy (non-hydrogen) atoms. The smallest absolute Gasteiger partial charge is 0.301 e. The largest absolute Gasteiger partial charge is 0.507 e. The van der Waals surface area contributed by atoms with Gasteiger partial charge in [-0.15, -0.1) is 21.5 Å². The van der Waals surface area contributed by atoms with E-state index in [9.17, 15) is 19.1 Å². The average molecular weight is 544 g/mol. The number of hydrogen-bond donors (Lipinski definition) is 1. The quantitative estimate of drug-likeness (QED) is 0.101. The van der Waals surface area contributed by atoms with Crippen molar-refractivity contribution in [3.05, 3.63) is 98.5 Å². The summed E-state index contributed by atoms with van der Waals surface area (Å²) in [6.45, 7) is 0. The molecule has 0 saturated carbocycles. The fraction of sp³-hybridized carbons (Fsp3) is 0.0833. The highest BCUT2D eigenvalue weighted by molar-refractivity contribution is 8.00. The number of ketones is 1. The standard InChI is InChI=1S/C24H15ClFN3O3S3/c25-15-7-3-13(4-8-15)12-34-24-28-27-23(35-24)29-19(17-2-1-11-33-17)18(21(31)22(29)32)20(30)14-5-9-16(26)10-6-14/h1-11,19,30H,12H2/b20-18-. The molecule has 176 valence electrons. The van der Waals surface area contributed by atoms with Crippen LogP contribution in [0.25, 0.3) is 5.76 Å². The Morgan fingerprint density at radius 2 is 1.83 bits per heavy atom. The lowest BCUT2D eigenvalue weighted by Gasteiger charge is -2.20. The Kier molecular flexibility index (Phi) is 6.70. The van der Waals surface area contributed by atoms with E-state index >= 15 is 0 Å². The minimum Gasteiger partial charge on any atom is -0.507 e. The molecule has 1 aliphatic heterocycles. The Morgan fingerprint density at radius 3 is 2.51 bits per heavy atom. The van der Waals surface area contributed by atoms with Crippen molar-refractivity contribution in [3.63, 3.8) is 0 Å². The zero-order chi connectivity index (χ0) is 24.5. The topological polar surface area (TPSA) is 83.4 Å². The maximum atomic E-state index is 13.4. The summed E-state index contributed by atoms with van der Waals surface area (Å²) in [5.41, 5.74) is 1.21. The zero-order valence-electron chi connectivity index (χ0n) is 17.7. The van der Waals surface area contributed by atoms with Gasteiger partial charge in [0.15, 0.2) is 4.34 Å². The number of thioether (sulfide) groups is 1. The fourth-order valence-electron chi connectivity index (χ4n) is 3.59. The van der Waals surface area contributed by atoms with E-state index < -0.39 is 23.5 Å². The lowest BCUT2D eigenvalue weighted by molar-refractivity contribution is -0.132. The van der Waals surface area contributed by atoms with Crippen molar-refractivity contribution in [1.82, 2.24) is 10.2 Å². The number of carbonyl (C=O) groups excluding carboxylic acids is 2. The highest BCUT2D eigenvalue weighted by atomic mass is 35.5. The SMILES string of the molecule is O=C1C(=O)N(c2nnc(SCc3ccc(Cl)cc3)s2)C(c2cccs2)/C1=C(/O)c1ccc(F)cc1. The van der Waals surface area contributed by atoms with Crippen LogP contribution >= 0.6 is 46.0 Å². The lowest BCUT2D eigenvalue weighted by Crippen LogP contribution is -2.29. The van der Waals surface area contributed by atoms with Crippen molar-refractivity contribution in [3.8, 4) is 0 Å². The van der Waals surface area contributed by atoms with E-state index in [4.69, 9.17) is 11.6 Å². The molecule has 2 aromatic carbocycles. The highest BCUT2D eigenvalue weighted by Crippen LogP contribution is 2.45. The third kappa shape index (κ3) is 4.74. The number of aliphatic hydroxyl groups excluding tert-OH is 1. The van der Waals surface area contributed by atoms with E-state index in [0.29, 0.717) is 20.0 Å². The molecule has 4 aromatic rings. The summed E-state index contributed by atoms with van der Waals surface area (Å²) < 4.78 is 14.0. The Morgan fingerprint density at radius 1 is 1.09 bits per heavy atom. The molecule has 0 spiro atoms. The summed E-state index contributed by atoms with van der Waals surface area (Å²) >= 11 is 9.92. The molecule has 1 fully saturated rings. The van der Waals surface area contributed by atoms with Crippen molar-refractivity contribution >= 4 is 68.6 Å². The molecule has 2 aromatic heterocycles. The Bertz CT molecular complexity index is 1420. The zero-order valence-corrected chi connectivity index (χ0v) is 20.9. The molecule has 6 nitrogen and oxygen atoms in total. The van der Waals surface area contributed by atoms with Gasteiger partial charge in [-0.1, -0.05) is 52.9 Å². The summed E-state index contributed by atoms with van der Waals surface area (Å²) in [7, 11) is 0. The van der Waals surface area contributed by atoms with Gasteiger partial charge < -0.3 is 5.11 Å². The van der Waals surface area contributed by atoms with Crippen LogP contribution in [0.5, 0.6) is 0 Å². The minimum atomic E-state index is -0.873. The molecule has 1 atom stereocenters. The van der Waals surface area contributed by atoms with Gasteiger partial charge in [-0.25, -0.2) is 4.39 Å². The van der Waals surface area contributed by atoms with Crippen LogP contribution < -0.4 is 4.90 Å². The normalized spacial score (nSPS) is 17.3. The van der Waals surface area contributed by atoms with Crippen LogP contribution in [0.1, 0.15) is 22.0 Å². The number of benzene rings is 2. The molecule has 11 heteroatoms. The van der Waals surface area contributed by atoms with Gasteiger partial charge in [-0.3, -0.25) is 14.5 Å². The number of rotatable bonds is 6. The second kappa shape index (κ2) is 9.90. The summed E-state index contributed by atoms with van der Waals surface area (Å²) in [6, 6.07) is 15.2. The fourth-order valence-corrected chi connectivity index (χ4v) is 6.37. The molecule has 0 aliphatic carbocycles. The van der Waals surface area contributed by atoms with E-state index in [1.807, 2.05) is 29.6 Å². The van der Waals surface area contributed by atoms with Crippen LogP contribution in [-0.2, 0) is 15.3 Å². The summed E-state index contributed by atoms with van der Waals surface area (Å²) in [5.74, 6) is -1.86. The van der Waals surface area contributed by atoms with Crippen LogP contribution in [-0.4, -0.2) is 27.0 Å². The van der Waals surface area contributed by atoms with E-state index in [0.717, 1.165) is 5.56 Å². The number of amides is 1. The molecule has 1 amide bonds. The Labute approximate surface area is 216 Å². The van der Waals surface area contributed by atoms with Gasteiger partial charge in [0.25, 0.3) is 5.78 Å². The number of Topliss-reactive ketones (excluding diaryl/α,β-unsaturated/α-hetero) is 1. The third-order valence-corrected chi connectivity index (χ3v) is 8.56. The van der Waals surface area contributed by atoms with Gasteiger partial charge in [-0.2, -0.15) is 0 Å². The number of hydrogen-bond acceptors (Lipinski definition) is 8. The molecule has 5 rings (SSSR count). The summed E-state index contributed by atoms with van der Waals surface area (Å²) in [4.78, 5) is 28.2. The molecule has 1 aliphatic rings. The number of aliphatic hydroxyl groups is 1. The van der Waals surface area contributed by atoms with Crippen molar-refractivity contribution in [2.24, 2.45) is 0 Å². The van der Waals surface area contributed by atoms with Crippen LogP contribution in [0, 0.1) is 5.82 Å². The molecular formula is C24H15ClFN3O3S3. The predicted octanol–water partition coefficient (Wildman–Crippen LogP) is 6.31. The molecule has 0 bridgehead atoms. The summed E-state index contributed by atoms with van der Waals surface area (Å²) in [6.07, 6.45) is 0. The molecule has 1 unspecified atom stereocenters. The van der Waals surface area contributed by atoms with Gasteiger partial charge in [-0.05, 0) is 53.4 Å². The maximum absolute atomic E-state index is 13.4. The van der Waals surface area contributed by atoms with E-state index in [1.165, 1.54) is 63.6 Å². The van der Waals surface area contributed by atoms with Gasteiger partial charge in [0.1, 0.15) is 17.6 Å². The first-order chi connectivity index (χ1) is 16.9. The van der Waals surface area contributed by atoms with Crippen LogP contribution in [0.2, 0.25) is 5.02 Å². The second-order valence-electron chi connectivity index (χ2n) is 7.46. The van der Waals surface area contributed by atoms with Gasteiger partial charge in [0.2, 0.25) is 5.13 Å². The number of halogens is 2. The molecule has 1 saturated heterocycles. The second-order valence-corrected chi connectivity index (χ2v) is 11.1. The Hall–Kier alpha value is -3.05. The van der Waals surface area contributed by atoms with Gasteiger partial charge in [0, 0.05) is 21.2 Å². The number of thiophene rings is 1. The van der Waals surface area contributed by atoms with E-state index in [1.54, 1.807) is 12.1 Å². The molecule has 1 N–H and O–H groups in total. The van der Waals surface area contributed by atoms with Gasteiger partial charge >= 0.3 is 5.91 Å². The Balaban J connectivity index is 1.49. The maximum Gasteiger partial charge on any atom is 0.301 e. The molecular weight excluding hydrogens is 529 g/mol. The van der Waals surface area contributed by atoms with Crippen molar-refractivity contribution in [2.45, 2.75) is 16.1 Å². The average Bonchev–Trinajstić information content (AvgIpc) is 3.60. The predicted molar refractivity (Wildman–Crippen MR) is 136 cm³/mol. The minimum absolute atomic E-state index is 0.0744. The first kappa shape index (κ1) is 23.7. The van der Waals surface area contributed by atoms with Crippen molar-refractivity contribution in [1.29, 1.82) is 0 Å². The monoisotopic (exact) mass is 543 g/mol. The first-order valence-electron chi connectivity index (χ1n) is 10.2. The van der Waals surface area contributed by atoms with Crippen LogP contribution in [0.4, 0.5) is 9.52 Å². The number of carbonyl (C=O) groups is 2.